The van der Waals surface area contributed by atoms with E-state index in [0.29, 0.717) is 24.7 Å². The van der Waals surface area contributed by atoms with E-state index >= 15 is 0 Å². The maximum absolute atomic E-state index is 12.6. The number of Topliss-reactive ketones (excluding diaryl/α,β-unsaturated/α-hetero) is 2. The van der Waals surface area contributed by atoms with E-state index in [1.54, 1.807) is 0 Å². The van der Waals surface area contributed by atoms with Crippen molar-refractivity contribution in [1.82, 2.24) is 0 Å². The Morgan fingerprint density at radius 3 is 1.74 bits per heavy atom. The number of hydrogen-bond acceptors (Lipinski definition) is 11. The van der Waals surface area contributed by atoms with Gasteiger partial charge in [0.1, 0.15) is 43.3 Å². The Kier molecular flexibility index (Phi) is 19.1. The maximum Gasteiger partial charge on any atom is 0.374 e. The Labute approximate surface area is 369 Å². The van der Waals surface area contributed by atoms with Crippen molar-refractivity contribution in [3.05, 3.63) is 60.2 Å². The van der Waals surface area contributed by atoms with Crippen molar-refractivity contribution in [2.24, 2.45) is 29.1 Å². The number of carbonyl (C=O) groups excluding carboxylic acids is 5. The summed E-state index contributed by atoms with van der Waals surface area (Å²) in [4.78, 5) is 61.9. The minimum atomic E-state index is -1.49. The van der Waals surface area contributed by atoms with Gasteiger partial charge in [-0.3, -0.25) is 9.59 Å². The highest BCUT2D eigenvalue weighted by Gasteiger charge is 2.39. The van der Waals surface area contributed by atoms with Crippen molar-refractivity contribution < 1.29 is 52.4 Å². The molecule has 1 unspecified atom stereocenters. The van der Waals surface area contributed by atoms with Gasteiger partial charge in [-0.1, -0.05) is 84.1 Å². The van der Waals surface area contributed by atoms with Crippen molar-refractivity contribution in [2.75, 3.05) is 39.6 Å². The summed E-state index contributed by atoms with van der Waals surface area (Å²) in [5.41, 5.74) is 1.50. The molecule has 62 heavy (non-hydrogen) atoms. The largest absolute Gasteiger partial charge is 0.493 e. The van der Waals surface area contributed by atoms with E-state index in [0.717, 1.165) is 53.2 Å². The molecular formula is C51H70O11. The molecular weight excluding hydrogens is 789 g/mol. The van der Waals surface area contributed by atoms with E-state index < -0.39 is 54.7 Å². The maximum atomic E-state index is 12.6. The van der Waals surface area contributed by atoms with Gasteiger partial charge < -0.3 is 28.4 Å². The SMILES string of the molecule is C=C(C)C(=O)OCC(COC(=O)C(=O)CC)(COC(=O)C(=O)CC)COc1ccc(-c2ccc(OCC3CCC(C4CCC(CCCCC)CC4)CC3)cc2)cc1CCC1CO1. The van der Waals surface area contributed by atoms with Crippen LogP contribution in [-0.2, 0) is 49.3 Å². The number of benzene rings is 2. The second-order valence-electron chi connectivity index (χ2n) is 18.1. The molecule has 1 heterocycles. The van der Waals surface area contributed by atoms with E-state index in [-0.39, 0.29) is 31.1 Å². The third-order valence-electron chi connectivity index (χ3n) is 13.0. The molecule has 3 fully saturated rings. The highest BCUT2D eigenvalue weighted by molar-refractivity contribution is 6.33. The molecule has 0 aromatic heterocycles. The fraction of sp³-hybridized carbons (Fsp3) is 0.627. The summed E-state index contributed by atoms with van der Waals surface area (Å²) in [5, 5.41) is 0. The van der Waals surface area contributed by atoms with Gasteiger partial charge >= 0.3 is 17.9 Å². The Hall–Kier alpha value is -4.51. The van der Waals surface area contributed by atoms with Crippen molar-refractivity contribution in [1.29, 1.82) is 0 Å². The van der Waals surface area contributed by atoms with Crippen LogP contribution < -0.4 is 9.47 Å². The van der Waals surface area contributed by atoms with Crippen molar-refractivity contribution in [2.45, 2.75) is 137 Å². The molecule has 2 aromatic carbocycles. The summed E-state index contributed by atoms with van der Waals surface area (Å²) in [7, 11) is 0. The average Bonchev–Trinajstić information content (AvgIpc) is 4.14. The van der Waals surface area contributed by atoms with Gasteiger partial charge in [0, 0.05) is 18.4 Å². The molecule has 2 saturated carbocycles. The third kappa shape index (κ3) is 15.1. The van der Waals surface area contributed by atoms with Gasteiger partial charge in [-0.05, 0) is 123 Å². The number of ether oxygens (including phenoxy) is 6. The first-order valence-electron chi connectivity index (χ1n) is 23.3. The van der Waals surface area contributed by atoms with E-state index in [2.05, 4.69) is 31.7 Å². The predicted octanol–water partition coefficient (Wildman–Crippen LogP) is 9.79. The van der Waals surface area contributed by atoms with Crippen molar-refractivity contribution in [3.63, 3.8) is 0 Å². The van der Waals surface area contributed by atoms with Crippen LogP contribution in [0.25, 0.3) is 11.1 Å². The van der Waals surface area contributed by atoms with E-state index in [4.69, 9.17) is 28.4 Å². The topological polar surface area (TPSA) is 144 Å². The fourth-order valence-electron chi connectivity index (χ4n) is 8.77. The first-order valence-corrected chi connectivity index (χ1v) is 23.3. The summed E-state index contributed by atoms with van der Waals surface area (Å²) < 4.78 is 34.5. The summed E-state index contributed by atoms with van der Waals surface area (Å²) in [6.45, 7) is 10.2. The lowest BCUT2D eigenvalue weighted by atomic mass is 9.69. The molecule has 340 valence electrons. The number of ketones is 2. The van der Waals surface area contributed by atoms with Gasteiger partial charge in [-0.2, -0.15) is 0 Å². The lowest BCUT2D eigenvalue weighted by Crippen LogP contribution is -2.45. The minimum Gasteiger partial charge on any atom is -0.493 e. The molecule has 1 atom stereocenters. The second kappa shape index (κ2) is 24.4. The Morgan fingerprint density at radius 1 is 0.661 bits per heavy atom. The quantitative estimate of drug-likeness (QED) is 0.0223. The van der Waals surface area contributed by atoms with Crippen LogP contribution in [0, 0.1) is 29.1 Å². The van der Waals surface area contributed by atoms with Gasteiger partial charge in [0.05, 0.1) is 19.3 Å². The Bertz CT molecular complexity index is 1760. The van der Waals surface area contributed by atoms with Gasteiger partial charge in [0.25, 0.3) is 0 Å². The highest BCUT2D eigenvalue weighted by atomic mass is 16.6. The standard InChI is InChI=1S/C51H70O11/c1-6-9-10-11-36-12-16-38(17-13-36)39-18-14-37(15-19-39)29-57-43-24-20-40(21-25-43)41-23-27-47(42(28-41)22-26-44-30-58-44)59-31-51(32-60-48(54)35(4)5,33-61-49(55)45(52)7-2)34-62-50(56)46(53)8-3/h20-21,23-25,27-28,36-39,44H,4,6-19,22,26,29-34H2,1-3,5H3. The molecule has 11 nitrogen and oxygen atoms in total. The number of unbranched alkanes of at least 4 members (excludes halogenated alkanes) is 2. The molecule has 0 amide bonds. The first-order chi connectivity index (χ1) is 29.9. The third-order valence-corrected chi connectivity index (χ3v) is 13.0. The van der Waals surface area contributed by atoms with Gasteiger partial charge in [-0.25, -0.2) is 14.4 Å². The van der Waals surface area contributed by atoms with Crippen LogP contribution >= 0.6 is 0 Å². The van der Waals surface area contributed by atoms with Crippen molar-refractivity contribution in [3.8, 4) is 22.6 Å². The molecule has 1 aliphatic heterocycles. The molecule has 2 aliphatic carbocycles. The van der Waals surface area contributed by atoms with Gasteiger partial charge in [0.2, 0.25) is 11.6 Å². The van der Waals surface area contributed by atoms with Crippen molar-refractivity contribution >= 4 is 29.5 Å². The Balaban J connectivity index is 1.22. The summed E-state index contributed by atoms with van der Waals surface area (Å²) >= 11 is 0. The van der Waals surface area contributed by atoms with Crippen LogP contribution in [0.4, 0.5) is 0 Å². The van der Waals surface area contributed by atoms with Crippen LogP contribution in [0.15, 0.2) is 54.6 Å². The monoisotopic (exact) mass is 858 g/mol. The predicted molar refractivity (Wildman–Crippen MR) is 237 cm³/mol. The van der Waals surface area contributed by atoms with Crippen LogP contribution in [0.3, 0.4) is 0 Å². The summed E-state index contributed by atoms with van der Waals surface area (Å²) in [5.74, 6) is 0.324. The van der Waals surface area contributed by atoms with Gasteiger partial charge in [-0.15, -0.1) is 0 Å². The first kappa shape index (κ1) is 48.5. The molecule has 0 spiro atoms. The lowest BCUT2D eigenvalue weighted by Gasteiger charge is -2.38. The number of aryl methyl sites for hydroxylation is 1. The van der Waals surface area contributed by atoms with Crippen LogP contribution in [0.2, 0.25) is 0 Å². The lowest BCUT2D eigenvalue weighted by molar-refractivity contribution is -0.168. The molecule has 1 saturated heterocycles. The number of epoxide rings is 1. The number of rotatable bonds is 26. The molecule has 0 bridgehead atoms. The highest BCUT2D eigenvalue weighted by Crippen LogP contribution is 2.42. The van der Waals surface area contributed by atoms with Crippen LogP contribution in [0.1, 0.15) is 130 Å². The zero-order valence-electron chi connectivity index (χ0n) is 37.7. The zero-order chi connectivity index (χ0) is 44.5. The van der Waals surface area contributed by atoms with Gasteiger partial charge in [0.15, 0.2) is 0 Å². The number of esters is 3. The molecule has 2 aromatic rings. The van der Waals surface area contributed by atoms with E-state index in [1.165, 1.54) is 97.8 Å². The fourth-order valence-corrected chi connectivity index (χ4v) is 8.77. The van der Waals surface area contributed by atoms with E-state index in [1.807, 2.05) is 24.3 Å². The molecule has 3 aliphatic rings. The summed E-state index contributed by atoms with van der Waals surface area (Å²) in [6.07, 6.45) is 17.8. The average molecular weight is 859 g/mol. The normalized spacial score (nSPS) is 21.0. The van der Waals surface area contributed by atoms with Crippen LogP contribution in [-0.4, -0.2) is 75.2 Å². The zero-order valence-corrected chi connectivity index (χ0v) is 37.7. The smallest absolute Gasteiger partial charge is 0.374 e. The summed E-state index contributed by atoms with van der Waals surface area (Å²) in [6, 6.07) is 14.0. The van der Waals surface area contributed by atoms with Crippen LogP contribution in [0.5, 0.6) is 11.5 Å². The van der Waals surface area contributed by atoms with E-state index in [9.17, 15) is 24.0 Å². The molecule has 5 rings (SSSR count). The molecule has 11 heteroatoms. The number of hydrogen-bond donors (Lipinski definition) is 0. The minimum absolute atomic E-state index is 0.0794. The molecule has 0 radical (unpaired) electrons. The number of carbonyl (C=O) groups is 5. The Morgan fingerprint density at radius 2 is 1.21 bits per heavy atom. The second-order valence-corrected chi connectivity index (χ2v) is 18.1. The molecule has 0 N–H and O–H groups in total.